The summed E-state index contributed by atoms with van der Waals surface area (Å²) in [5.74, 6) is -0.760. The number of alkyl halides is 3. The van der Waals surface area contributed by atoms with Gasteiger partial charge in [-0.3, -0.25) is 9.59 Å². The van der Waals surface area contributed by atoms with Crippen LogP contribution >= 0.6 is 0 Å². The maximum absolute atomic E-state index is 13.1. The Labute approximate surface area is 177 Å². The molecule has 0 radical (unpaired) electrons. The quantitative estimate of drug-likeness (QED) is 0.647. The third-order valence-electron chi connectivity index (χ3n) is 5.06. The van der Waals surface area contributed by atoms with Crippen LogP contribution in [0, 0.1) is 13.8 Å². The van der Waals surface area contributed by atoms with Crippen LogP contribution in [-0.2, 0) is 6.18 Å². The van der Waals surface area contributed by atoms with Crippen molar-refractivity contribution in [3.63, 3.8) is 0 Å². The molecule has 1 aromatic heterocycles. The Kier molecular flexibility index (Phi) is 6.22. The molecule has 8 heteroatoms. The number of hydrogen-bond donors (Lipinski definition) is 1. The summed E-state index contributed by atoms with van der Waals surface area (Å²) in [6.45, 7) is 3.68. The number of carbonyl (C=O) groups excluding carboxylic acids is 1. The van der Waals surface area contributed by atoms with Crippen LogP contribution in [0.2, 0.25) is 0 Å². The third kappa shape index (κ3) is 4.96. The zero-order valence-electron chi connectivity index (χ0n) is 17.6. The number of nitrogens with zero attached hydrogens (tertiary/aromatic N) is 1. The number of halogens is 3. The van der Waals surface area contributed by atoms with Gasteiger partial charge in [-0.25, -0.2) is 0 Å². The molecule has 0 aliphatic rings. The van der Waals surface area contributed by atoms with Crippen molar-refractivity contribution in [3.05, 3.63) is 80.7 Å². The predicted octanol–water partition coefficient (Wildman–Crippen LogP) is 4.46. The second-order valence-corrected chi connectivity index (χ2v) is 7.75. The monoisotopic (exact) mass is 432 g/mol. The SMILES string of the molecule is Cc1cc(C)c2oc(C(=O)NC[C@@H](c3cccc(C(F)(F)F)c3)N(C)C)cc(=O)c2c1. The van der Waals surface area contributed by atoms with Crippen LogP contribution in [-0.4, -0.2) is 31.4 Å². The van der Waals surface area contributed by atoms with Crippen molar-refractivity contribution in [3.8, 4) is 0 Å². The van der Waals surface area contributed by atoms with E-state index in [2.05, 4.69) is 5.32 Å². The average Bonchev–Trinajstić information content (AvgIpc) is 2.68. The first-order valence-electron chi connectivity index (χ1n) is 9.64. The number of aryl methyl sites for hydroxylation is 2. The van der Waals surface area contributed by atoms with Crippen molar-refractivity contribution in [2.24, 2.45) is 0 Å². The summed E-state index contributed by atoms with van der Waals surface area (Å²) in [7, 11) is 3.41. The highest BCUT2D eigenvalue weighted by Crippen LogP contribution is 2.31. The molecule has 5 nitrogen and oxygen atoms in total. The first-order chi connectivity index (χ1) is 14.5. The van der Waals surface area contributed by atoms with E-state index in [0.717, 1.165) is 29.3 Å². The summed E-state index contributed by atoms with van der Waals surface area (Å²) < 4.78 is 44.9. The minimum atomic E-state index is -4.46. The van der Waals surface area contributed by atoms with Crippen LogP contribution in [0.5, 0.6) is 0 Å². The van der Waals surface area contributed by atoms with E-state index in [4.69, 9.17) is 4.42 Å². The molecule has 31 heavy (non-hydrogen) atoms. The molecule has 3 rings (SSSR count). The summed E-state index contributed by atoms with van der Waals surface area (Å²) in [5, 5.41) is 3.06. The molecular weight excluding hydrogens is 409 g/mol. The van der Waals surface area contributed by atoms with Crippen molar-refractivity contribution in [2.75, 3.05) is 20.6 Å². The lowest BCUT2D eigenvalue weighted by molar-refractivity contribution is -0.137. The molecule has 0 saturated carbocycles. The van der Waals surface area contributed by atoms with Gasteiger partial charge in [0, 0.05) is 12.6 Å². The number of rotatable bonds is 5. The third-order valence-corrected chi connectivity index (χ3v) is 5.06. The molecule has 0 aliphatic heterocycles. The number of nitrogens with one attached hydrogen (secondary N) is 1. The van der Waals surface area contributed by atoms with Gasteiger partial charge in [-0.1, -0.05) is 18.2 Å². The Hall–Kier alpha value is -3.13. The highest BCUT2D eigenvalue weighted by Gasteiger charge is 2.31. The van der Waals surface area contributed by atoms with Crippen LogP contribution in [0.3, 0.4) is 0 Å². The topological polar surface area (TPSA) is 62.6 Å². The molecule has 164 valence electrons. The summed E-state index contributed by atoms with van der Waals surface area (Å²) in [4.78, 5) is 26.8. The molecule has 0 bridgehead atoms. The second kappa shape index (κ2) is 8.55. The van der Waals surface area contributed by atoms with Crippen LogP contribution in [0.15, 0.2) is 51.7 Å². The highest BCUT2D eigenvalue weighted by molar-refractivity contribution is 5.93. The van der Waals surface area contributed by atoms with E-state index in [1.54, 1.807) is 38.1 Å². The van der Waals surface area contributed by atoms with Crippen molar-refractivity contribution >= 4 is 16.9 Å². The fourth-order valence-corrected chi connectivity index (χ4v) is 3.52. The number of benzene rings is 2. The van der Waals surface area contributed by atoms with Crippen LogP contribution in [0.4, 0.5) is 13.2 Å². The number of hydrogen-bond acceptors (Lipinski definition) is 4. The smallest absolute Gasteiger partial charge is 0.416 e. The van der Waals surface area contributed by atoms with Crippen molar-refractivity contribution in [1.82, 2.24) is 10.2 Å². The van der Waals surface area contributed by atoms with Crippen molar-refractivity contribution < 1.29 is 22.4 Å². The molecule has 3 aromatic rings. The molecule has 1 atom stereocenters. The van der Waals surface area contributed by atoms with Crippen LogP contribution < -0.4 is 10.7 Å². The molecule has 0 unspecified atom stereocenters. The molecule has 1 heterocycles. The van der Waals surface area contributed by atoms with Gasteiger partial charge in [-0.15, -0.1) is 0 Å². The molecule has 1 N–H and O–H groups in total. The van der Waals surface area contributed by atoms with E-state index in [9.17, 15) is 22.8 Å². The second-order valence-electron chi connectivity index (χ2n) is 7.75. The highest BCUT2D eigenvalue weighted by atomic mass is 19.4. The number of amides is 1. The Morgan fingerprint density at radius 2 is 1.84 bits per heavy atom. The Bertz CT molecular complexity index is 1180. The molecule has 0 spiro atoms. The summed E-state index contributed by atoms with van der Waals surface area (Å²) in [6, 6.07) is 9.15. The molecule has 0 aliphatic carbocycles. The van der Waals surface area contributed by atoms with E-state index in [-0.39, 0.29) is 17.7 Å². The van der Waals surface area contributed by atoms with E-state index in [1.807, 2.05) is 13.0 Å². The van der Waals surface area contributed by atoms with Gasteiger partial charge in [0.1, 0.15) is 5.58 Å². The normalized spacial score (nSPS) is 12.9. The van der Waals surface area contributed by atoms with Crippen molar-refractivity contribution in [2.45, 2.75) is 26.1 Å². The van der Waals surface area contributed by atoms with Gasteiger partial charge >= 0.3 is 6.18 Å². The van der Waals surface area contributed by atoms with Gasteiger partial charge in [-0.2, -0.15) is 13.2 Å². The minimum Gasteiger partial charge on any atom is -0.450 e. The molecule has 0 saturated heterocycles. The van der Waals surface area contributed by atoms with Crippen molar-refractivity contribution in [1.29, 1.82) is 0 Å². The lowest BCUT2D eigenvalue weighted by atomic mass is 10.0. The molecule has 2 aromatic carbocycles. The van der Waals surface area contributed by atoms with E-state index in [1.165, 1.54) is 6.07 Å². The molecular formula is C23H23F3N2O3. The average molecular weight is 432 g/mol. The zero-order chi connectivity index (χ0) is 22.9. The number of carbonyl (C=O) groups is 1. The van der Waals surface area contributed by atoms with Gasteiger partial charge in [0.15, 0.2) is 11.2 Å². The molecule has 0 fully saturated rings. The first-order valence-corrected chi connectivity index (χ1v) is 9.64. The fraction of sp³-hybridized carbons (Fsp3) is 0.304. The minimum absolute atomic E-state index is 0.0295. The van der Waals surface area contributed by atoms with Gasteiger partial charge in [-0.05, 0) is 62.8 Å². The van der Waals surface area contributed by atoms with E-state index < -0.39 is 23.7 Å². The summed E-state index contributed by atoms with van der Waals surface area (Å²) in [6.07, 6.45) is -4.46. The zero-order valence-corrected chi connectivity index (χ0v) is 17.6. The fourth-order valence-electron chi connectivity index (χ4n) is 3.52. The Morgan fingerprint density at radius 1 is 1.13 bits per heavy atom. The van der Waals surface area contributed by atoms with E-state index >= 15 is 0 Å². The summed E-state index contributed by atoms with van der Waals surface area (Å²) in [5.41, 5.74) is 1.30. The Morgan fingerprint density at radius 3 is 2.48 bits per heavy atom. The van der Waals surface area contributed by atoms with Gasteiger partial charge in [0.25, 0.3) is 5.91 Å². The summed E-state index contributed by atoms with van der Waals surface area (Å²) >= 11 is 0. The van der Waals surface area contributed by atoms with Gasteiger partial charge in [0.05, 0.1) is 17.0 Å². The van der Waals surface area contributed by atoms with Crippen LogP contribution in [0.1, 0.15) is 38.9 Å². The van der Waals surface area contributed by atoms with E-state index in [0.29, 0.717) is 16.5 Å². The number of fused-ring (bicyclic) bond motifs is 1. The standard InChI is InChI=1S/C23H23F3N2O3/c1-13-8-14(2)21-17(9-13)19(29)11-20(31-21)22(30)27-12-18(28(3)4)15-6-5-7-16(10-15)23(24,25)26/h5-11,18H,12H2,1-4H3,(H,27,30)/t18-/m0/s1. The van der Waals surface area contributed by atoms with Gasteiger partial charge < -0.3 is 14.6 Å². The number of likely N-dealkylation sites (N-methyl/N-ethyl adjacent to an activating group) is 1. The molecule has 1 amide bonds. The maximum atomic E-state index is 13.1. The van der Waals surface area contributed by atoms with Gasteiger partial charge in [0.2, 0.25) is 0 Å². The largest absolute Gasteiger partial charge is 0.450 e. The van der Waals surface area contributed by atoms with Crippen LogP contribution in [0.25, 0.3) is 11.0 Å². The Balaban J connectivity index is 1.85. The predicted molar refractivity (Wildman–Crippen MR) is 112 cm³/mol. The lowest BCUT2D eigenvalue weighted by Gasteiger charge is -2.25. The maximum Gasteiger partial charge on any atom is 0.416 e. The lowest BCUT2D eigenvalue weighted by Crippen LogP contribution is -2.35. The first kappa shape index (κ1) is 22.6.